The molecule has 0 heterocycles. The summed E-state index contributed by atoms with van der Waals surface area (Å²) in [5.74, 6) is 1.45. The normalized spacial score (nSPS) is 33.8. The summed E-state index contributed by atoms with van der Waals surface area (Å²) in [7, 11) is 1.78. The van der Waals surface area contributed by atoms with E-state index in [0.29, 0.717) is 18.1 Å². The highest BCUT2D eigenvalue weighted by molar-refractivity contribution is 5.83. The molecule has 0 aromatic carbocycles. The van der Waals surface area contributed by atoms with E-state index in [9.17, 15) is 0 Å². The van der Waals surface area contributed by atoms with Crippen molar-refractivity contribution >= 4 is 5.84 Å². The molecule has 0 radical (unpaired) electrons. The van der Waals surface area contributed by atoms with Gasteiger partial charge in [-0.15, -0.1) is 0 Å². The molecule has 0 saturated heterocycles. The molecule has 15 heavy (non-hydrogen) atoms. The molecule has 86 valence electrons. The zero-order valence-corrected chi connectivity index (χ0v) is 9.61. The number of methoxy groups -OCH3 is 1. The maximum absolute atomic E-state index is 6.07. The molecule has 2 N–H and O–H groups in total. The monoisotopic (exact) mass is 210 g/mol. The van der Waals surface area contributed by atoms with Gasteiger partial charge in [-0.3, -0.25) is 4.99 Å². The molecule has 3 nitrogen and oxygen atoms in total. The average molecular weight is 210 g/mol. The summed E-state index contributed by atoms with van der Waals surface area (Å²) < 4.78 is 5.42. The molecular formula is C12H22N2O. The molecule has 2 fully saturated rings. The molecule has 2 atom stereocenters. The maximum Gasteiger partial charge on any atom is 0.0973 e. The van der Waals surface area contributed by atoms with Crippen molar-refractivity contribution in [1.29, 1.82) is 0 Å². The van der Waals surface area contributed by atoms with E-state index in [1.165, 1.54) is 32.1 Å². The number of nitrogens with two attached hydrogens (primary N) is 1. The zero-order chi connectivity index (χ0) is 10.7. The van der Waals surface area contributed by atoms with Crippen LogP contribution in [0.4, 0.5) is 0 Å². The van der Waals surface area contributed by atoms with Crippen LogP contribution in [0.15, 0.2) is 4.99 Å². The van der Waals surface area contributed by atoms with Crippen LogP contribution in [0.1, 0.15) is 44.9 Å². The second-order valence-electron chi connectivity index (χ2n) is 4.81. The van der Waals surface area contributed by atoms with Crippen LogP contribution < -0.4 is 5.73 Å². The highest BCUT2D eigenvalue weighted by atomic mass is 16.5. The predicted molar refractivity (Wildman–Crippen MR) is 62.0 cm³/mol. The molecule has 2 unspecified atom stereocenters. The summed E-state index contributed by atoms with van der Waals surface area (Å²) in [4.78, 5) is 4.68. The topological polar surface area (TPSA) is 47.6 Å². The lowest BCUT2D eigenvalue weighted by Crippen LogP contribution is -2.28. The lowest BCUT2D eigenvalue weighted by atomic mass is 10.1. The van der Waals surface area contributed by atoms with Crippen molar-refractivity contribution < 1.29 is 4.74 Å². The minimum absolute atomic E-state index is 0.310. The number of hydrogen-bond donors (Lipinski definition) is 1. The Labute approximate surface area is 92.1 Å². The fraction of sp³-hybridized carbons (Fsp3) is 0.917. The number of nitrogens with zero attached hydrogens (tertiary/aromatic N) is 1. The number of amidine groups is 1. The Hall–Kier alpha value is -0.570. The molecule has 0 spiro atoms. The van der Waals surface area contributed by atoms with E-state index in [0.717, 1.165) is 18.7 Å². The Morgan fingerprint density at radius 1 is 1.13 bits per heavy atom. The maximum atomic E-state index is 6.07. The van der Waals surface area contributed by atoms with Crippen LogP contribution in [-0.2, 0) is 4.74 Å². The summed E-state index contributed by atoms with van der Waals surface area (Å²) in [6, 6.07) is 0.329. The fourth-order valence-electron chi connectivity index (χ4n) is 2.85. The second kappa shape index (κ2) is 4.97. The second-order valence-corrected chi connectivity index (χ2v) is 4.81. The lowest BCUT2D eigenvalue weighted by Gasteiger charge is -2.16. The van der Waals surface area contributed by atoms with Gasteiger partial charge in [-0.2, -0.15) is 0 Å². The molecule has 2 saturated carbocycles. The first-order valence-corrected chi connectivity index (χ1v) is 6.17. The van der Waals surface area contributed by atoms with Crippen LogP contribution in [0.5, 0.6) is 0 Å². The van der Waals surface area contributed by atoms with Gasteiger partial charge >= 0.3 is 0 Å². The van der Waals surface area contributed by atoms with Gasteiger partial charge in [-0.05, 0) is 32.1 Å². The first kappa shape index (κ1) is 10.9. The van der Waals surface area contributed by atoms with Crippen molar-refractivity contribution in [3.05, 3.63) is 0 Å². The van der Waals surface area contributed by atoms with Crippen LogP contribution >= 0.6 is 0 Å². The molecule has 2 aliphatic rings. The summed E-state index contributed by atoms with van der Waals surface area (Å²) in [6.45, 7) is 0. The van der Waals surface area contributed by atoms with Gasteiger partial charge in [-0.1, -0.05) is 12.8 Å². The molecule has 0 aromatic rings. The van der Waals surface area contributed by atoms with Crippen molar-refractivity contribution in [2.45, 2.75) is 57.1 Å². The third kappa shape index (κ3) is 2.51. The molecule has 2 aliphatic carbocycles. The standard InChI is InChI=1S/C12H22N2O/c1-15-11-8-4-7-10(11)14-12(13)9-5-2-3-6-9/h9-11H,2-8H2,1H3,(H2,13,14). The largest absolute Gasteiger partial charge is 0.387 e. The van der Waals surface area contributed by atoms with Crippen LogP contribution in [0.2, 0.25) is 0 Å². The van der Waals surface area contributed by atoms with Crippen LogP contribution in [0.3, 0.4) is 0 Å². The molecule has 0 amide bonds. The SMILES string of the molecule is COC1CCCC1N=C(N)C1CCCC1. The highest BCUT2D eigenvalue weighted by Gasteiger charge is 2.28. The van der Waals surface area contributed by atoms with Gasteiger partial charge in [0, 0.05) is 13.0 Å². The first-order valence-electron chi connectivity index (χ1n) is 6.17. The minimum Gasteiger partial charge on any atom is -0.387 e. The van der Waals surface area contributed by atoms with E-state index in [2.05, 4.69) is 4.99 Å². The van der Waals surface area contributed by atoms with E-state index in [1.54, 1.807) is 7.11 Å². The molecule has 0 aliphatic heterocycles. The molecule has 3 heteroatoms. The van der Waals surface area contributed by atoms with E-state index < -0.39 is 0 Å². The third-order valence-electron chi connectivity index (χ3n) is 3.81. The van der Waals surface area contributed by atoms with E-state index in [4.69, 9.17) is 10.5 Å². The van der Waals surface area contributed by atoms with Gasteiger partial charge in [0.1, 0.15) is 0 Å². The Morgan fingerprint density at radius 3 is 2.53 bits per heavy atom. The van der Waals surface area contributed by atoms with Gasteiger partial charge in [0.05, 0.1) is 18.0 Å². The Bertz CT molecular complexity index is 234. The van der Waals surface area contributed by atoms with Gasteiger partial charge in [0.25, 0.3) is 0 Å². The Kier molecular flexibility index (Phi) is 3.62. The lowest BCUT2D eigenvalue weighted by molar-refractivity contribution is 0.0964. The number of ether oxygens (including phenoxy) is 1. The van der Waals surface area contributed by atoms with E-state index >= 15 is 0 Å². The van der Waals surface area contributed by atoms with Gasteiger partial charge < -0.3 is 10.5 Å². The van der Waals surface area contributed by atoms with Crippen molar-refractivity contribution in [1.82, 2.24) is 0 Å². The molecule has 0 bridgehead atoms. The zero-order valence-electron chi connectivity index (χ0n) is 9.61. The predicted octanol–water partition coefficient (Wildman–Crippen LogP) is 2.10. The number of rotatable bonds is 3. The summed E-state index contributed by atoms with van der Waals surface area (Å²) in [5, 5.41) is 0. The fourth-order valence-corrected chi connectivity index (χ4v) is 2.85. The quantitative estimate of drug-likeness (QED) is 0.573. The molecule has 0 aromatic heterocycles. The van der Waals surface area contributed by atoms with Gasteiger partial charge in [0.2, 0.25) is 0 Å². The molecule has 2 rings (SSSR count). The Morgan fingerprint density at radius 2 is 1.87 bits per heavy atom. The summed E-state index contributed by atoms with van der Waals surface area (Å²) >= 11 is 0. The van der Waals surface area contributed by atoms with Crippen molar-refractivity contribution in [2.75, 3.05) is 7.11 Å². The molecular weight excluding hydrogens is 188 g/mol. The van der Waals surface area contributed by atoms with E-state index in [1.807, 2.05) is 0 Å². The third-order valence-corrected chi connectivity index (χ3v) is 3.81. The van der Waals surface area contributed by atoms with Crippen LogP contribution in [0, 0.1) is 5.92 Å². The highest BCUT2D eigenvalue weighted by Crippen LogP contribution is 2.28. The number of hydrogen-bond acceptors (Lipinski definition) is 2. The van der Waals surface area contributed by atoms with Crippen molar-refractivity contribution in [3.8, 4) is 0 Å². The van der Waals surface area contributed by atoms with Gasteiger partial charge in [0.15, 0.2) is 0 Å². The van der Waals surface area contributed by atoms with E-state index in [-0.39, 0.29) is 0 Å². The number of aliphatic imine (C=N–C) groups is 1. The van der Waals surface area contributed by atoms with Crippen LogP contribution in [0.25, 0.3) is 0 Å². The first-order chi connectivity index (χ1) is 7.31. The average Bonchev–Trinajstić information content (AvgIpc) is 2.87. The smallest absolute Gasteiger partial charge is 0.0973 e. The van der Waals surface area contributed by atoms with Crippen molar-refractivity contribution in [2.24, 2.45) is 16.6 Å². The minimum atomic E-state index is 0.310. The van der Waals surface area contributed by atoms with Crippen molar-refractivity contribution in [3.63, 3.8) is 0 Å². The summed E-state index contributed by atoms with van der Waals surface area (Å²) in [6.07, 6.45) is 8.93. The van der Waals surface area contributed by atoms with Crippen LogP contribution in [-0.4, -0.2) is 25.1 Å². The summed E-state index contributed by atoms with van der Waals surface area (Å²) in [5.41, 5.74) is 6.07. The van der Waals surface area contributed by atoms with Gasteiger partial charge in [-0.25, -0.2) is 0 Å². The Balaban J connectivity index is 1.95.